The molecule has 0 aromatic heterocycles. The van der Waals surface area contributed by atoms with Crippen molar-refractivity contribution in [2.24, 2.45) is 5.11 Å². The molecule has 1 aromatic rings. The lowest BCUT2D eigenvalue weighted by Crippen LogP contribution is -2.03. The quantitative estimate of drug-likeness (QED) is 0.319. The zero-order valence-electron chi connectivity index (χ0n) is 7.67. The van der Waals surface area contributed by atoms with Crippen molar-refractivity contribution in [2.45, 2.75) is 6.92 Å². The van der Waals surface area contributed by atoms with Gasteiger partial charge in [0.25, 0.3) is 0 Å². The van der Waals surface area contributed by atoms with E-state index in [9.17, 15) is 4.79 Å². The van der Waals surface area contributed by atoms with Crippen molar-refractivity contribution in [3.63, 3.8) is 0 Å². The fourth-order valence-electron chi connectivity index (χ4n) is 0.961. The highest BCUT2D eigenvalue weighted by Crippen LogP contribution is 2.14. The smallest absolute Gasteiger partial charge is 0.338 e. The molecule has 1 rings (SSSR count). The molecular formula is C9H9N3O2. The molecule has 14 heavy (non-hydrogen) atoms. The van der Waals surface area contributed by atoms with Crippen LogP contribution in [0.1, 0.15) is 17.3 Å². The summed E-state index contributed by atoms with van der Waals surface area (Å²) in [6, 6.07) is 6.34. The van der Waals surface area contributed by atoms with E-state index in [1.165, 1.54) is 6.07 Å². The number of azide groups is 1. The number of nitrogens with zero attached hydrogens (tertiary/aromatic N) is 3. The first-order chi connectivity index (χ1) is 6.77. The highest BCUT2D eigenvalue weighted by atomic mass is 16.5. The number of carbonyl (C=O) groups excluding carboxylic acids is 1. The molecule has 0 heterocycles. The molecule has 0 aliphatic rings. The third-order valence-electron chi connectivity index (χ3n) is 1.52. The fourth-order valence-corrected chi connectivity index (χ4v) is 0.961. The molecule has 5 heteroatoms. The van der Waals surface area contributed by atoms with Gasteiger partial charge < -0.3 is 4.74 Å². The molecule has 0 spiro atoms. The molecule has 0 saturated heterocycles. The highest BCUT2D eigenvalue weighted by molar-refractivity contribution is 5.90. The molecule has 0 bridgehead atoms. The van der Waals surface area contributed by atoms with Crippen molar-refractivity contribution in [3.8, 4) is 0 Å². The second kappa shape index (κ2) is 4.89. The summed E-state index contributed by atoms with van der Waals surface area (Å²) < 4.78 is 4.79. The molecular weight excluding hydrogens is 182 g/mol. The number of hydrogen-bond donors (Lipinski definition) is 0. The molecule has 5 nitrogen and oxygen atoms in total. The number of rotatable bonds is 3. The molecule has 0 aliphatic heterocycles. The van der Waals surface area contributed by atoms with Crippen molar-refractivity contribution in [1.29, 1.82) is 0 Å². The third kappa shape index (κ3) is 2.50. The molecule has 0 fully saturated rings. The van der Waals surface area contributed by atoms with Gasteiger partial charge in [-0.05, 0) is 24.6 Å². The number of hydrogen-bond acceptors (Lipinski definition) is 3. The van der Waals surface area contributed by atoms with E-state index in [0.717, 1.165) is 0 Å². The van der Waals surface area contributed by atoms with Crippen molar-refractivity contribution in [2.75, 3.05) is 6.61 Å². The van der Waals surface area contributed by atoms with Gasteiger partial charge in [0.1, 0.15) is 0 Å². The average molecular weight is 191 g/mol. The van der Waals surface area contributed by atoms with Gasteiger partial charge in [0.15, 0.2) is 0 Å². The first-order valence-corrected chi connectivity index (χ1v) is 4.10. The van der Waals surface area contributed by atoms with E-state index in [1.807, 2.05) is 0 Å². The molecule has 72 valence electrons. The Hall–Kier alpha value is -2.00. The third-order valence-corrected chi connectivity index (χ3v) is 1.52. The van der Waals surface area contributed by atoms with Gasteiger partial charge in [-0.1, -0.05) is 17.2 Å². The van der Waals surface area contributed by atoms with E-state index < -0.39 is 5.97 Å². The number of carbonyl (C=O) groups is 1. The van der Waals surface area contributed by atoms with E-state index in [-0.39, 0.29) is 0 Å². The van der Waals surface area contributed by atoms with Gasteiger partial charge in [-0.3, -0.25) is 0 Å². The van der Waals surface area contributed by atoms with E-state index >= 15 is 0 Å². The molecule has 0 N–H and O–H groups in total. The summed E-state index contributed by atoms with van der Waals surface area (Å²) >= 11 is 0. The summed E-state index contributed by atoms with van der Waals surface area (Å²) in [7, 11) is 0. The number of ether oxygens (including phenoxy) is 1. The second-order valence-corrected chi connectivity index (χ2v) is 2.46. The Morgan fingerprint density at radius 1 is 1.64 bits per heavy atom. The van der Waals surface area contributed by atoms with E-state index in [1.54, 1.807) is 25.1 Å². The van der Waals surface area contributed by atoms with Gasteiger partial charge in [-0.2, -0.15) is 0 Å². The predicted molar refractivity (Wildman–Crippen MR) is 51.2 cm³/mol. The van der Waals surface area contributed by atoms with Crippen LogP contribution in [0.3, 0.4) is 0 Å². The van der Waals surface area contributed by atoms with Crippen LogP contribution in [0, 0.1) is 0 Å². The summed E-state index contributed by atoms with van der Waals surface area (Å²) in [6.07, 6.45) is 0. The monoisotopic (exact) mass is 191 g/mol. The van der Waals surface area contributed by atoms with Gasteiger partial charge in [0.2, 0.25) is 0 Å². The summed E-state index contributed by atoms with van der Waals surface area (Å²) in [5, 5.41) is 3.38. The minimum Gasteiger partial charge on any atom is -0.462 e. The predicted octanol–water partition coefficient (Wildman–Crippen LogP) is 2.81. The first-order valence-electron chi connectivity index (χ1n) is 4.10. The zero-order valence-corrected chi connectivity index (χ0v) is 7.67. The minimum atomic E-state index is -0.414. The molecule has 0 radical (unpaired) electrons. The Bertz CT molecular complexity index is 383. The van der Waals surface area contributed by atoms with Gasteiger partial charge in [0, 0.05) is 10.6 Å². The summed E-state index contributed by atoms with van der Waals surface area (Å²) in [5.41, 5.74) is 8.98. The molecule has 0 aliphatic carbocycles. The van der Waals surface area contributed by atoms with Gasteiger partial charge in [-0.15, -0.1) is 0 Å². The SMILES string of the molecule is CCOC(=O)c1cccc(N=[N+]=[N-])c1. The van der Waals surface area contributed by atoms with Crippen LogP contribution in [-0.2, 0) is 4.74 Å². The standard InChI is InChI=1S/C9H9N3O2/c1-2-14-9(13)7-4-3-5-8(6-7)11-12-10/h3-6H,2H2,1H3. The van der Waals surface area contributed by atoms with Crippen LogP contribution in [0.5, 0.6) is 0 Å². The van der Waals surface area contributed by atoms with Gasteiger partial charge >= 0.3 is 5.97 Å². The lowest BCUT2D eigenvalue weighted by molar-refractivity contribution is 0.0526. The van der Waals surface area contributed by atoms with Crippen LogP contribution in [0.15, 0.2) is 29.4 Å². The van der Waals surface area contributed by atoms with Crippen LogP contribution in [0.2, 0.25) is 0 Å². The van der Waals surface area contributed by atoms with Crippen LogP contribution < -0.4 is 0 Å². The van der Waals surface area contributed by atoms with Crippen LogP contribution in [0.25, 0.3) is 10.4 Å². The topological polar surface area (TPSA) is 75.1 Å². The van der Waals surface area contributed by atoms with E-state index in [4.69, 9.17) is 10.3 Å². The van der Waals surface area contributed by atoms with Crippen LogP contribution >= 0.6 is 0 Å². The summed E-state index contributed by atoms with van der Waals surface area (Å²) in [5.74, 6) is -0.414. The number of benzene rings is 1. The Balaban J connectivity index is 2.93. The van der Waals surface area contributed by atoms with Crippen molar-refractivity contribution in [3.05, 3.63) is 40.3 Å². The summed E-state index contributed by atoms with van der Waals surface area (Å²) in [6.45, 7) is 2.06. The molecule has 1 aromatic carbocycles. The van der Waals surface area contributed by atoms with Gasteiger partial charge in [-0.25, -0.2) is 4.79 Å². The lowest BCUT2D eigenvalue weighted by atomic mass is 10.2. The Labute approximate surface area is 80.9 Å². The Morgan fingerprint density at radius 2 is 2.43 bits per heavy atom. The normalized spacial score (nSPS) is 8.93. The second-order valence-electron chi connectivity index (χ2n) is 2.46. The molecule has 0 atom stereocenters. The van der Waals surface area contributed by atoms with Crippen molar-refractivity contribution >= 4 is 11.7 Å². The maximum absolute atomic E-state index is 11.2. The lowest BCUT2D eigenvalue weighted by Gasteiger charge is -2.01. The van der Waals surface area contributed by atoms with E-state index in [2.05, 4.69) is 10.0 Å². The molecule has 0 saturated carbocycles. The first kappa shape index (κ1) is 10.1. The summed E-state index contributed by atoms with van der Waals surface area (Å²) in [4.78, 5) is 13.9. The van der Waals surface area contributed by atoms with E-state index in [0.29, 0.717) is 17.9 Å². The number of esters is 1. The Kier molecular flexibility index (Phi) is 3.52. The van der Waals surface area contributed by atoms with Gasteiger partial charge in [0.05, 0.1) is 12.2 Å². The van der Waals surface area contributed by atoms with Crippen LogP contribution in [-0.4, -0.2) is 12.6 Å². The van der Waals surface area contributed by atoms with Crippen molar-refractivity contribution < 1.29 is 9.53 Å². The highest BCUT2D eigenvalue weighted by Gasteiger charge is 2.05. The van der Waals surface area contributed by atoms with Crippen LogP contribution in [0.4, 0.5) is 5.69 Å². The molecule has 0 unspecified atom stereocenters. The largest absolute Gasteiger partial charge is 0.462 e. The zero-order chi connectivity index (χ0) is 10.4. The maximum Gasteiger partial charge on any atom is 0.338 e. The Morgan fingerprint density at radius 3 is 3.07 bits per heavy atom. The average Bonchev–Trinajstić information content (AvgIpc) is 2.19. The maximum atomic E-state index is 11.2. The molecule has 0 amide bonds. The minimum absolute atomic E-state index is 0.324. The van der Waals surface area contributed by atoms with Crippen molar-refractivity contribution in [1.82, 2.24) is 0 Å². The fraction of sp³-hybridized carbons (Fsp3) is 0.222.